The van der Waals surface area contributed by atoms with Crippen molar-refractivity contribution in [2.75, 3.05) is 39.3 Å². The summed E-state index contributed by atoms with van der Waals surface area (Å²) in [5.41, 5.74) is 0. The first-order valence-electron chi connectivity index (χ1n) is 11.4. The minimum absolute atomic E-state index is 0.00375. The monoisotopic (exact) mass is 470 g/mol. The van der Waals surface area contributed by atoms with Gasteiger partial charge in [0.05, 0.1) is 56.1 Å². The van der Waals surface area contributed by atoms with E-state index >= 15 is 0 Å². The van der Waals surface area contributed by atoms with Crippen LogP contribution in [0.4, 0.5) is 0 Å². The van der Waals surface area contributed by atoms with Crippen molar-refractivity contribution in [2.24, 2.45) is 23.7 Å². The molecule has 1 N–H and O–H groups in total. The molecular weight excluding hydrogens is 446 g/mol. The van der Waals surface area contributed by atoms with Crippen LogP contribution in [0.25, 0.3) is 10.1 Å². The van der Waals surface area contributed by atoms with E-state index in [1.807, 2.05) is 29.2 Å². The Bertz CT molecular complexity index is 1120. The van der Waals surface area contributed by atoms with Crippen molar-refractivity contribution in [3.05, 3.63) is 46.3 Å². The summed E-state index contributed by atoms with van der Waals surface area (Å²) in [5.74, 6) is 0.342. The van der Waals surface area contributed by atoms with Gasteiger partial charge in [-0.25, -0.2) is 0 Å². The maximum absolute atomic E-state index is 13.1. The Kier molecular flexibility index (Phi) is 4.89. The number of hydrogen-bond acceptors (Lipinski definition) is 4. The van der Waals surface area contributed by atoms with Gasteiger partial charge in [0.15, 0.2) is 0 Å². The van der Waals surface area contributed by atoms with E-state index in [9.17, 15) is 14.4 Å². The summed E-state index contributed by atoms with van der Waals surface area (Å²) in [6, 6.07) is 7.82. The molecule has 8 heteroatoms. The van der Waals surface area contributed by atoms with Gasteiger partial charge in [-0.3, -0.25) is 19.3 Å². The fourth-order valence-corrected chi connectivity index (χ4v) is 7.51. The first-order chi connectivity index (χ1) is 15.5. The van der Waals surface area contributed by atoms with Gasteiger partial charge >= 0.3 is 0 Å². The summed E-state index contributed by atoms with van der Waals surface area (Å²) < 4.78 is 1.03. The lowest BCUT2D eigenvalue weighted by atomic mass is 9.85. The third-order valence-corrected chi connectivity index (χ3v) is 9.40. The predicted molar refractivity (Wildman–Crippen MR) is 123 cm³/mol. The second-order valence-electron chi connectivity index (χ2n) is 9.36. The molecule has 0 unspecified atom stereocenters. The number of halogens is 1. The lowest BCUT2D eigenvalue weighted by molar-refractivity contribution is -0.903. The highest BCUT2D eigenvalue weighted by Gasteiger charge is 2.59. The van der Waals surface area contributed by atoms with E-state index in [0.29, 0.717) is 29.5 Å². The molecule has 2 aliphatic carbocycles. The number of nitrogens with one attached hydrogen (secondary N) is 1. The summed E-state index contributed by atoms with van der Waals surface area (Å²) in [7, 11) is 0. The number of quaternary nitrogens is 1. The Morgan fingerprint density at radius 1 is 1.06 bits per heavy atom. The number of carbonyl (C=O) groups excluding carboxylic acids is 3. The highest BCUT2D eigenvalue weighted by molar-refractivity contribution is 7.21. The van der Waals surface area contributed by atoms with E-state index in [0.717, 1.165) is 36.1 Å². The third-order valence-electron chi connectivity index (χ3n) is 7.74. The van der Waals surface area contributed by atoms with Gasteiger partial charge in [-0.05, 0) is 24.3 Å². The largest absolute Gasteiger partial charge is 0.331 e. The number of nitrogens with zero attached hydrogens (tertiary/aromatic N) is 2. The van der Waals surface area contributed by atoms with E-state index in [2.05, 4.69) is 12.2 Å². The molecule has 3 heterocycles. The van der Waals surface area contributed by atoms with Crippen LogP contribution in [0.1, 0.15) is 16.1 Å². The van der Waals surface area contributed by atoms with E-state index in [4.69, 9.17) is 11.6 Å². The van der Waals surface area contributed by atoms with Crippen molar-refractivity contribution < 1.29 is 19.3 Å². The fourth-order valence-electron chi connectivity index (χ4n) is 6.03. The number of allylic oxidation sites excluding steroid dienone is 2. The number of thiophene rings is 1. The average Bonchev–Trinajstić information content (AvgIpc) is 3.56. The molecule has 2 aliphatic heterocycles. The van der Waals surface area contributed by atoms with E-state index in [-0.39, 0.29) is 41.4 Å². The van der Waals surface area contributed by atoms with Crippen molar-refractivity contribution in [2.45, 2.75) is 6.42 Å². The number of hydrogen-bond donors (Lipinski definition) is 1. The number of piperazine rings is 1. The Morgan fingerprint density at radius 3 is 2.38 bits per heavy atom. The number of rotatable bonds is 4. The highest BCUT2D eigenvalue weighted by atomic mass is 35.5. The number of amides is 3. The Morgan fingerprint density at radius 2 is 1.72 bits per heavy atom. The minimum atomic E-state index is -0.118. The lowest BCUT2D eigenvalue weighted by Crippen LogP contribution is -3.15. The smallest absolute Gasteiger partial charge is 0.265 e. The average molecular weight is 471 g/mol. The van der Waals surface area contributed by atoms with Gasteiger partial charge in [0.2, 0.25) is 11.8 Å². The van der Waals surface area contributed by atoms with E-state index in [1.165, 1.54) is 21.1 Å². The van der Waals surface area contributed by atoms with Gasteiger partial charge in [0.1, 0.15) is 4.88 Å². The van der Waals surface area contributed by atoms with Gasteiger partial charge in [-0.2, -0.15) is 0 Å². The number of benzene rings is 1. The maximum atomic E-state index is 13.1. The lowest BCUT2D eigenvalue weighted by Gasteiger charge is -2.32. The molecule has 4 aliphatic rings. The van der Waals surface area contributed by atoms with Gasteiger partial charge < -0.3 is 9.80 Å². The number of likely N-dealkylation sites (tertiary alicyclic amines) is 1. The second kappa shape index (κ2) is 7.68. The molecule has 3 amide bonds. The van der Waals surface area contributed by atoms with Gasteiger partial charge in [-0.1, -0.05) is 42.0 Å². The zero-order valence-electron chi connectivity index (χ0n) is 17.6. The van der Waals surface area contributed by atoms with Crippen LogP contribution in [0.2, 0.25) is 5.02 Å². The van der Waals surface area contributed by atoms with E-state index < -0.39 is 0 Å². The quantitative estimate of drug-likeness (QED) is 0.546. The minimum Gasteiger partial charge on any atom is -0.331 e. The normalized spacial score (nSPS) is 29.5. The van der Waals surface area contributed by atoms with Crippen LogP contribution >= 0.6 is 22.9 Å². The molecule has 166 valence electrons. The maximum Gasteiger partial charge on any atom is 0.265 e. The summed E-state index contributed by atoms with van der Waals surface area (Å²) in [6.07, 6.45) is 5.22. The van der Waals surface area contributed by atoms with Crippen molar-refractivity contribution in [1.29, 1.82) is 0 Å². The Hall–Kier alpha value is -2.22. The molecule has 3 fully saturated rings. The van der Waals surface area contributed by atoms with Crippen molar-refractivity contribution >= 4 is 50.7 Å². The molecule has 6 rings (SSSR count). The van der Waals surface area contributed by atoms with Gasteiger partial charge in [0, 0.05) is 10.1 Å². The van der Waals surface area contributed by atoms with Crippen LogP contribution in [0.15, 0.2) is 36.4 Å². The van der Waals surface area contributed by atoms with Gasteiger partial charge in [-0.15, -0.1) is 11.3 Å². The zero-order chi connectivity index (χ0) is 22.0. The topological polar surface area (TPSA) is 62.1 Å². The van der Waals surface area contributed by atoms with Crippen LogP contribution in [-0.4, -0.2) is 66.8 Å². The predicted octanol–water partition coefficient (Wildman–Crippen LogP) is 1.70. The highest BCUT2D eigenvalue weighted by Crippen LogP contribution is 2.52. The van der Waals surface area contributed by atoms with Crippen LogP contribution in [0.5, 0.6) is 0 Å². The zero-order valence-corrected chi connectivity index (χ0v) is 19.2. The second-order valence-corrected chi connectivity index (χ2v) is 10.8. The fraction of sp³-hybridized carbons (Fsp3) is 0.458. The van der Waals surface area contributed by atoms with Crippen LogP contribution in [0, 0.1) is 23.7 Å². The summed E-state index contributed by atoms with van der Waals surface area (Å²) in [4.78, 5) is 44.1. The number of imide groups is 1. The molecule has 32 heavy (non-hydrogen) atoms. The molecule has 4 atom stereocenters. The number of carbonyl (C=O) groups is 3. The number of fused-ring (bicyclic) bond motifs is 6. The molecule has 2 aromatic rings. The molecular formula is C24H25ClN3O3S+. The summed E-state index contributed by atoms with van der Waals surface area (Å²) >= 11 is 7.95. The molecule has 1 aromatic carbocycles. The first kappa shape index (κ1) is 20.4. The first-order valence-corrected chi connectivity index (χ1v) is 12.6. The molecule has 2 saturated heterocycles. The standard InChI is InChI=1S/C24H24ClN3O3S/c25-20-16-3-1-2-4-17(16)32-21(20)24(31)27-10-7-26(8-11-27)9-12-28-22(29)18-14-5-6-15(13-14)19(18)23(28)30/h1-6,14-15,18-19H,7-13H2/p+1/t14-,15+,18+,19-. The van der Waals surface area contributed by atoms with E-state index in [1.54, 1.807) is 0 Å². The molecule has 2 bridgehead atoms. The third kappa shape index (κ3) is 3.05. The molecule has 6 nitrogen and oxygen atoms in total. The summed E-state index contributed by atoms with van der Waals surface area (Å²) in [5, 5.41) is 1.48. The Balaban J connectivity index is 1.05. The van der Waals surface area contributed by atoms with Crippen LogP contribution in [0.3, 0.4) is 0 Å². The van der Waals surface area contributed by atoms with Gasteiger partial charge in [0.25, 0.3) is 5.91 Å². The Labute approximate surface area is 195 Å². The van der Waals surface area contributed by atoms with Crippen molar-refractivity contribution in [1.82, 2.24) is 9.80 Å². The van der Waals surface area contributed by atoms with Crippen molar-refractivity contribution in [3.8, 4) is 0 Å². The molecule has 0 spiro atoms. The SMILES string of the molecule is O=C(c1sc2ccccc2c1Cl)N1CC[NH+](CCN2C(=O)[C@@H]3[C@H](C2=O)[C@H]2C=C[C@@H]3C2)CC1. The molecule has 1 saturated carbocycles. The van der Waals surface area contributed by atoms with Crippen LogP contribution < -0.4 is 4.90 Å². The van der Waals surface area contributed by atoms with Crippen LogP contribution in [-0.2, 0) is 9.59 Å². The van der Waals surface area contributed by atoms with Crippen molar-refractivity contribution in [3.63, 3.8) is 0 Å². The molecule has 0 radical (unpaired) electrons. The summed E-state index contributed by atoms with van der Waals surface area (Å²) in [6.45, 7) is 4.15. The molecule has 1 aromatic heterocycles.